The summed E-state index contributed by atoms with van der Waals surface area (Å²) in [4.78, 5) is 17.0. The molecule has 1 atom stereocenters. The Kier molecular flexibility index (Phi) is 4.93. The standard InChI is InChI=1S/C13H19BrN4O2/c1-3-17(8-10-5-4-6-15-10)13-12(14)9(2)11(7-16-13)18(19)20/h7,10,15H,3-6,8H2,1-2H3. The van der Waals surface area contributed by atoms with Gasteiger partial charge in [-0.15, -0.1) is 0 Å². The lowest BCUT2D eigenvalue weighted by Gasteiger charge is -2.26. The van der Waals surface area contributed by atoms with Gasteiger partial charge in [0.2, 0.25) is 0 Å². The zero-order chi connectivity index (χ0) is 14.7. The molecule has 1 unspecified atom stereocenters. The Hall–Kier alpha value is -1.21. The number of anilines is 1. The van der Waals surface area contributed by atoms with E-state index < -0.39 is 4.92 Å². The average Bonchev–Trinajstić information content (AvgIpc) is 2.92. The molecule has 2 heterocycles. The molecule has 0 spiro atoms. The van der Waals surface area contributed by atoms with Crippen LogP contribution >= 0.6 is 15.9 Å². The second kappa shape index (κ2) is 6.49. The molecule has 110 valence electrons. The van der Waals surface area contributed by atoms with Gasteiger partial charge in [-0.3, -0.25) is 10.1 Å². The number of hydrogen-bond acceptors (Lipinski definition) is 5. The van der Waals surface area contributed by atoms with Crippen molar-refractivity contribution in [3.8, 4) is 0 Å². The Morgan fingerprint density at radius 2 is 2.40 bits per heavy atom. The minimum Gasteiger partial charge on any atom is -0.354 e. The third-order valence-electron chi connectivity index (χ3n) is 3.70. The van der Waals surface area contributed by atoms with Crippen LogP contribution < -0.4 is 10.2 Å². The van der Waals surface area contributed by atoms with Crippen LogP contribution in [0.5, 0.6) is 0 Å². The molecule has 1 aromatic heterocycles. The highest BCUT2D eigenvalue weighted by atomic mass is 79.9. The van der Waals surface area contributed by atoms with E-state index in [4.69, 9.17) is 0 Å². The summed E-state index contributed by atoms with van der Waals surface area (Å²) >= 11 is 3.46. The molecule has 1 saturated heterocycles. The van der Waals surface area contributed by atoms with Crippen LogP contribution in [0.25, 0.3) is 0 Å². The van der Waals surface area contributed by atoms with Crippen molar-refractivity contribution in [2.24, 2.45) is 0 Å². The number of nitrogens with zero attached hydrogens (tertiary/aromatic N) is 3. The minimum absolute atomic E-state index is 0.0515. The van der Waals surface area contributed by atoms with Crippen molar-refractivity contribution >= 4 is 27.4 Å². The maximum Gasteiger partial charge on any atom is 0.291 e. The quantitative estimate of drug-likeness (QED) is 0.657. The Bertz CT molecular complexity index is 503. The fraction of sp³-hybridized carbons (Fsp3) is 0.615. The highest BCUT2D eigenvalue weighted by Gasteiger charge is 2.23. The van der Waals surface area contributed by atoms with Crippen molar-refractivity contribution in [3.05, 3.63) is 26.3 Å². The molecule has 1 fully saturated rings. The summed E-state index contributed by atoms with van der Waals surface area (Å²) in [5.74, 6) is 0.782. The number of pyridine rings is 1. The molecule has 20 heavy (non-hydrogen) atoms. The summed E-state index contributed by atoms with van der Waals surface area (Å²) < 4.78 is 0.714. The van der Waals surface area contributed by atoms with E-state index >= 15 is 0 Å². The molecule has 0 aromatic carbocycles. The van der Waals surface area contributed by atoms with Crippen molar-refractivity contribution in [3.63, 3.8) is 0 Å². The van der Waals surface area contributed by atoms with Gasteiger partial charge in [0.05, 0.1) is 9.40 Å². The number of likely N-dealkylation sites (N-methyl/N-ethyl adjacent to an activating group) is 1. The van der Waals surface area contributed by atoms with Crippen LogP contribution in [0.15, 0.2) is 10.7 Å². The van der Waals surface area contributed by atoms with Crippen LogP contribution in [-0.2, 0) is 0 Å². The number of nitrogens with one attached hydrogen (secondary N) is 1. The highest BCUT2D eigenvalue weighted by Crippen LogP contribution is 2.32. The van der Waals surface area contributed by atoms with Gasteiger partial charge in [0.25, 0.3) is 5.69 Å². The molecule has 1 aliphatic rings. The molecule has 2 rings (SSSR count). The zero-order valence-electron chi connectivity index (χ0n) is 11.7. The lowest BCUT2D eigenvalue weighted by molar-refractivity contribution is -0.385. The summed E-state index contributed by atoms with van der Waals surface area (Å²) in [6.07, 6.45) is 3.72. The fourth-order valence-corrected chi connectivity index (χ4v) is 3.06. The van der Waals surface area contributed by atoms with Crippen LogP contribution in [0.4, 0.5) is 11.5 Å². The third-order valence-corrected chi connectivity index (χ3v) is 4.65. The third kappa shape index (κ3) is 3.09. The van der Waals surface area contributed by atoms with Gasteiger partial charge in [-0.05, 0) is 49.2 Å². The van der Waals surface area contributed by atoms with E-state index in [9.17, 15) is 10.1 Å². The van der Waals surface area contributed by atoms with E-state index in [1.165, 1.54) is 19.0 Å². The summed E-state index contributed by atoms with van der Waals surface area (Å²) in [6.45, 7) is 6.57. The first kappa shape index (κ1) is 15.2. The van der Waals surface area contributed by atoms with E-state index in [1.54, 1.807) is 6.92 Å². The second-order valence-corrected chi connectivity index (χ2v) is 5.79. The van der Waals surface area contributed by atoms with Crippen LogP contribution in [-0.4, -0.2) is 35.6 Å². The molecule has 1 N–H and O–H groups in total. The number of hydrogen-bond donors (Lipinski definition) is 1. The average molecular weight is 343 g/mol. The van der Waals surface area contributed by atoms with Gasteiger partial charge in [0.15, 0.2) is 0 Å². The monoisotopic (exact) mass is 342 g/mol. The molecule has 0 aliphatic carbocycles. The van der Waals surface area contributed by atoms with Gasteiger partial charge in [-0.2, -0.15) is 0 Å². The predicted octanol–water partition coefficient (Wildman–Crippen LogP) is 2.64. The normalized spacial score (nSPS) is 18.2. The van der Waals surface area contributed by atoms with Gasteiger partial charge >= 0.3 is 0 Å². The Morgan fingerprint density at radius 3 is 2.95 bits per heavy atom. The van der Waals surface area contributed by atoms with Crippen LogP contribution in [0.1, 0.15) is 25.3 Å². The molecule has 7 heteroatoms. The van der Waals surface area contributed by atoms with E-state index in [0.717, 1.165) is 25.5 Å². The molecular weight excluding hydrogens is 324 g/mol. The van der Waals surface area contributed by atoms with Gasteiger partial charge in [0.1, 0.15) is 12.0 Å². The molecule has 0 radical (unpaired) electrons. The van der Waals surface area contributed by atoms with Gasteiger partial charge in [-0.1, -0.05) is 0 Å². The summed E-state index contributed by atoms with van der Waals surface area (Å²) in [5, 5.41) is 14.4. The van der Waals surface area contributed by atoms with Crippen LogP contribution in [0.3, 0.4) is 0 Å². The minimum atomic E-state index is -0.397. The molecule has 0 amide bonds. The topological polar surface area (TPSA) is 71.3 Å². The summed E-state index contributed by atoms with van der Waals surface area (Å²) in [5.41, 5.74) is 0.675. The van der Waals surface area contributed by atoms with Gasteiger partial charge in [0, 0.05) is 24.7 Å². The zero-order valence-corrected chi connectivity index (χ0v) is 13.3. The van der Waals surface area contributed by atoms with Crippen molar-refractivity contribution in [2.45, 2.75) is 32.7 Å². The Balaban J connectivity index is 2.25. The molecule has 1 aliphatic heterocycles. The number of halogens is 1. The molecule has 0 bridgehead atoms. The van der Waals surface area contributed by atoms with Crippen molar-refractivity contribution in [1.29, 1.82) is 0 Å². The SMILES string of the molecule is CCN(CC1CCCN1)c1ncc([N+](=O)[O-])c(C)c1Br. The highest BCUT2D eigenvalue weighted by molar-refractivity contribution is 9.10. The first-order valence-electron chi connectivity index (χ1n) is 6.82. The fourth-order valence-electron chi connectivity index (χ4n) is 2.50. The maximum absolute atomic E-state index is 10.9. The van der Waals surface area contributed by atoms with Crippen molar-refractivity contribution < 1.29 is 4.92 Å². The largest absolute Gasteiger partial charge is 0.354 e. The summed E-state index contributed by atoms with van der Waals surface area (Å²) in [7, 11) is 0. The van der Waals surface area contributed by atoms with Crippen LogP contribution in [0, 0.1) is 17.0 Å². The van der Waals surface area contributed by atoms with E-state index in [2.05, 4.69) is 38.1 Å². The van der Waals surface area contributed by atoms with E-state index in [-0.39, 0.29) is 5.69 Å². The molecular formula is C13H19BrN4O2. The maximum atomic E-state index is 10.9. The molecule has 1 aromatic rings. The first-order valence-corrected chi connectivity index (χ1v) is 7.61. The van der Waals surface area contributed by atoms with Crippen molar-refractivity contribution in [2.75, 3.05) is 24.5 Å². The number of rotatable bonds is 5. The smallest absolute Gasteiger partial charge is 0.291 e. The first-order chi connectivity index (χ1) is 9.54. The second-order valence-electron chi connectivity index (χ2n) is 5.00. The summed E-state index contributed by atoms with van der Waals surface area (Å²) in [6, 6.07) is 0.471. The Labute approximate surface area is 126 Å². The molecule has 0 saturated carbocycles. The lowest BCUT2D eigenvalue weighted by Crippen LogP contribution is -2.38. The van der Waals surface area contributed by atoms with Crippen LogP contribution in [0.2, 0.25) is 0 Å². The number of nitro groups is 1. The van der Waals surface area contributed by atoms with Crippen molar-refractivity contribution in [1.82, 2.24) is 10.3 Å². The van der Waals surface area contributed by atoms with E-state index in [0.29, 0.717) is 16.1 Å². The number of aromatic nitrogens is 1. The van der Waals surface area contributed by atoms with E-state index in [1.807, 2.05) is 0 Å². The lowest BCUT2D eigenvalue weighted by atomic mass is 10.2. The van der Waals surface area contributed by atoms with Gasteiger partial charge < -0.3 is 10.2 Å². The van der Waals surface area contributed by atoms with Gasteiger partial charge in [-0.25, -0.2) is 4.98 Å². The molecule has 6 nitrogen and oxygen atoms in total. The predicted molar refractivity (Wildman–Crippen MR) is 82.2 cm³/mol. The Morgan fingerprint density at radius 1 is 1.65 bits per heavy atom.